The van der Waals surface area contributed by atoms with Crippen molar-refractivity contribution >= 4 is 43.5 Å². The van der Waals surface area contributed by atoms with E-state index in [0.29, 0.717) is 17.1 Å². The zero-order chi connectivity index (χ0) is 23.0. The molecule has 2 aromatic carbocycles. The van der Waals surface area contributed by atoms with E-state index in [9.17, 15) is 13.2 Å². The molecule has 0 radical (unpaired) electrons. The van der Waals surface area contributed by atoms with Gasteiger partial charge in [0.1, 0.15) is 0 Å². The van der Waals surface area contributed by atoms with Gasteiger partial charge in [0.15, 0.2) is 0 Å². The highest BCUT2D eigenvalue weighted by molar-refractivity contribution is 9.10. The Bertz CT molecular complexity index is 998. The van der Waals surface area contributed by atoms with E-state index in [4.69, 9.17) is 16.3 Å². The Morgan fingerprint density at radius 3 is 2.50 bits per heavy atom. The van der Waals surface area contributed by atoms with Gasteiger partial charge in [-0.3, -0.25) is 9.69 Å². The number of hydrogen-bond acceptors (Lipinski definition) is 5. The molecule has 7 nitrogen and oxygen atoms in total. The number of sulfonamides is 1. The minimum absolute atomic E-state index is 0.000726. The molecular formula is C22H27BrClN3O4S. The number of morpholine rings is 1. The summed E-state index contributed by atoms with van der Waals surface area (Å²) in [6.45, 7) is 4.31. The molecule has 1 aliphatic heterocycles. The van der Waals surface area contributed by atoms with Crippen molar-refractivity contribution < 1.29 is 17.9 Å². The summed E-state index contributed by atoms with van der Waals surface area (Å²) in [5, 5.41) is 3.30. The predicted octanol–water partition coefficient (Wildman–Crippen LogP) is 3.13. The summed E-state index contributed by atoms with van der Waals surface area (Å²) in [6.07, 6.45) is 0.787. The molecule has 1 fully saturated rings. The van der Waals surface area contributed by atoms with Crippen molar-refractivity contribution in [3.05, 3.63) is 63.6 Å². The van der Waals surface area contributed by atoms with E-state index in [1.54, 1.807) is 36.4 Å². The molecular weight excluding hydrogens is 518 g/mol. The predicted molar refractivity (Wildman–Crippen MR) is 128 cm³/mol. The zero-order valence-electron chi connectivity index (χ0n) is 17.7. The molecule has 3 rings (SSSR count). The summed E-state index contributed by atoms with van der Waals surface area (Å²) in [4.78, 5) is 15.0. The second-order valence-electron chi connectivity index (χ2n) is 7.48. The maximum atomic E-state index is 13.3. The van der Waals surface area contributed by atoms with Crippen LogP contribution < -0.4 is 5.32 Å². The first kappa shape index (κ1) is 25.1. The molecule has 1 N–H and O–H groups in total. The fourth-order valence-electron chi connectivity index (χ4n) is 3.37. The Kier molecular flexibility index (Phi) is 9.51. The summed E-state index contributed by atoms with van der Waals surface area (Å²) < 4.78 is 33.9. The van der Waals surface area contributed by atoms with Crippen LogP contribution >= 0.6 is 27.5 Å². The fourth-order valence-corrected chi connectivity index (χ4v) is 5.20. The Balaban J connectivity index is 1.65. The summed E-state index contributed by atoms with van der Waals surface area (Å²) in [7, 11) is -3.90. The van der Waals surface area contributed by atoms with Crippen LogP contribution in [0.25, 0.3) is 0 Å². The van der Waals surface area contributed by atoms with Gasteiger partial charge in [0, 0.05) is 35.7 Å². The number of benzene rings is 2. The number of halogens is 2. The lowest BCUT2D eigenvalue weighted by atomic mass is 10.2. The number of rotatable bonds is 10. The summed E-state index contributed by atoms with van der Waals surface area (Å²) in [5.74, 6) is -0.347. The normalized spacial score (nSPS) is 15.1. The molecule has 0 bridgehead atoms. The molecule has 0 saturated carbocycles. The minimum atomic E-state index is -3.90. The molecule has 1 aliphatic rings. The van der Waals surface area contributed by atoms with Crippen molar-refractivity contribution in [2.24, 2.45) is 0 Å². The number of carbonyl (C=O) groups is 1. The third kappa shape index (κ3) is 7.26. The Hall–Kier alpha value is -1.49. The maximum absolute atomic E-state index is 13.3. The van der Waals surface area contributed by atoms with Gasteiger partial charge in [-0.1, -0.05) is 45.7 Å². The lowest BCUT2D eigenvalue weighted by molar-refractivity contribution is -0.121. The number of carbonyl (C=O) groups excluding carboxylic acids is 1. The number of nitrogens with zero attached hydrogens (tertiary/aromatic N) is 2. The number of amides is 1. The second kappa shape index (κ2) is 12.1. The van der Waals surface area contributed by atoms with E-state index in [-0.39, 0.29) is 23.9 Å². The van der Waals surface area contributed by atoms with E-state index in [2.05, 4.69) is 26.1 Å². The van der Waals surface area contributed by atoms with E-state index in [1.807, 2.05) is 0 Å². The molecule has 1 saturated heterocycles. The highest BCUT2D eigenvalue weighted by atomic mass is 79.9. The lowest BCUT2D eigenvalue weighted by Crippen LogP contribution is -2.41. The van der Waals surface area contributed by atoms with Crippen LogP contribution in [0.15, 0.2) is 57.9 Å². The van der Waals surface area contributed by atoms with Crippen molar-refractivity contribution in [3.8, 4) is 0 Å². The average Bonchev–Trinajstić information content (AvgIpc) is 2.78. The van der Waals surface area contributed by atoms with E-state index in [0.717, 1.165) is 48.0 Å². The van der Waals surface area contributed by atoms with E-state index < -0.39 is 10.0 Å². The van der Waals surface area contributed by atoms with Crippen LogP contribution in [0.5, 0.6) is 0 Å². The van der Waals surface area contributed by atoms with E-state index >= 15 is 0 Å². The van der Waals surface area contributed by atoms with Crippen molar-refractivity contribution in [2.45, 2.75) is 17.9 Å². The summed E-state index contributed by atoms with van der Waals surface area (Å²) in [5.41, 5.74) is 0.634. The molecule has 0 aromatic heterocycles. The van der Waals surface area contributed by atoms with Gasteiger partial charge in [-0.05, 0) is 48.9 Å². The van der Waals surface area contributed by atoms with Crippen LogP contribution in [0.3, 0.4) is 0 Å². The molecule has 0 unspecified atom stereocenters. The van der Waals surface area contributed by atoms with Crippen LogP contribution in [0.4, 0.5) is 0 Å². The van der Waals surface area contributed by atoms with Gasteiger partial charge < -0.3 is 10.1 Å². The summed E-state index contributed by atoms with van der Waals surface area (Å²) in [6, 6.07) is 13.4. The first-order valence-corrected chi connectivity index (χ1v) is 13.0. The highest BCUT2D eigenvalue weighted by Gasteiger charge is 2.27. The second-order valence-corrected chi connectivity index (χ2v) is 10.7. The van der Waals surface area contributed by atoms with Gasteiger partial charge in [-0.15, -0.1) is 0 Å². The third-order valence-corrected chi connectivity index (χ3v) is 7.86. The molecule has 32 heavy (non-hydrogen) atoms. The topological polar surface area (TPSA) is 79.0 Å². The highest BCUT2D eigenvalue weighted by Crippen LogP contribution is 2.23. The number of ether oxygens (including phenoxy) is 1. The monoisotopic (exact) mass is 543 g/mol. The standard InChI is InChI=1S/C22H27BrClN3O4S/c23-19-6-8-20(9-7-19)32(29,30)27(16-18-4-1-2-5-21(18)24)17-22(28)25-10-3-11-26-12-14-31-15-13-26/h1-2,4-9H,3,10-17H2,(H,25,28). The van der Waals surface area contributed by atoms with Gasteiger partial charge in [-0.25, -0.2) is 8.42 Å². The lowest BCUT2D eigenvalue weighted by Gasteiger charge is -2.26. The molecule has 0 spiro atoms. The van der Waals surface area contributed by atoms with Crippen molar-refractivity contribution in [2.75, 3.05) is 45.9 Å². The van der Waals surface area contributed by atoms with Gasteiger partial charge in [-0.2, -0.15) is 4.31 Å². The molecule has 174 valence electrons. The van der Waals surface area contributed by atoms with Crippen LogP contribution in [-0.4, -0.2) is 69.5 Å². The molecule has 10 heteroatoms. The summed E-state index contributed by atoms with van der Waals surface area (Å²) >= 11 is 9.57. The Morgan fingerprint density at radius 1 is 1.12 bits per heavy atom. The van der Waals surface area contributed by atoms with Gasteiger partial charge in [0.2, 0.25) is 15.9 Å². The van der Waals surface area contributed by atoms with Crippen molar-refractivity contribution in [3.63, 3.8) is 0 Å². The average molecular weight is 545 g/mol. The molecule has 1 heterocycles. The van der Waals surface area contributed by atoms with Crippen molar-refractivity contribution in [1.82, 2.24) is 14.5 Å². The maximum Gasteiger partial charge on any atom is 0.243 e. The zero-order valence-corrected chi connectivity index (χ0v) is 20.8. The fraction of sp³-hybridized carbons (Fsp3) is 0.409. The Labute approximate surface area is 202 Å². The first-order chi connectivity index (χ1) is 15.4. The van der Waals surface area contributed by atoms with Crippen LogP contribution in [0.2, 0.25) is 5.02 Å². The Morgan fingerprint density at radius 2 is 1.81 bits per heavy atom. The third-order valence-electron chi connectivity index (χ3n) is 5.15. The van der Waals surface area contributed by atoms with Crippen molar-refractivity contribution in [1.29, 1.82) is 0 Å². The van der Waals surface area contributed by atoms with Crippen LogP contribution in [-0.2, 0) is 26.1 Å². The first-order valence-electron chi connectivity index (χ1n) is 10.4. The minimum Gasteiger partial charge on any atom is -0.379 e. The SMILES string of the molecule is O=C(CN(Cc1ccccc1Cl)S(=O)(=O)c1ccc(Br)cc1)NCCCN1CCOCC1. The van der Waals surface area contributed by atoms with Gasteiger partial charge in [0.25, 0.3) is 0 Å². The van der Waals surface area contributed by atoms with Gasteiger partial charge >= 0.3 is 0 Å². The van der Waals surface area contributed by atoms with Crippen LogP contribution in [0, 0.1) is 0 Å². The largest absolute Gasteiger partial charge is 0.379 e. The molecule has 0 atom stereocenters. The van der Waals surface area contributed by atoms with Gasteiger partial charge in [0.05, 0.1) is 24.7 Å². The number of nitrogens with one attached hydrogen (secondary N) is 1. The number of hydrogen-bond donors (Lipinski definition) is 1. The van der Waals surface area contributed by atoms with Crippen LogP contribution in [0.1, 0.15) is 12.0 Å². The van der Waals surface area contributed by atoms with E-state index in [1.165, 1.54) is 12.1 Å². The molecule has 1 amide bonds. The molecule has 2 aromatic rings. The quantitative estimate of drug-likeness (QED) is 0.465. The molecule has 0 aliphatic carbocycles. The smallest absolute Gasteiger partial charge is 0.243 e.